The molecule has 0 unspecified atom stereocenters. The predicted octanol–water partition coefficient (Wildman–Crippen LogP) is 2.00. The third-order valence-corrected chi connectivity index (χ3v) is 4.34. The fourth-order valence-corrected chi connectivity index (χ4v) is 3.27. The summed E-state index contributed by atoms with van der Waals surface area (Å²) in [6.07, 6.45) is 0.747. The van der Waals surface area contributed by atoms with Crippen molar-refractivity contribution >= 4 is 33.2 Å². The van der Waals surface area contributed by atoms with E-state index in [9.17, 15) is 14.0 Å². The summed E-state index contributed by atoms with van der Waals surface area (Å²) in [5.41, 5.74) is 0. The van der Waals surface area contributed by atoms with Gasteiger partial charge in [0, 0.05) is 17.8 Å². The number of carbonyl (C=O) groups excluding carboxylic acids is 2. The molecule has 2 aromatic rings. The number of nitrogens with one attached hydrogen (secondary N) is 1. The van der Waals surface area contributed by atoms with Gasteiger partial charge in [-0.2, -0.15) is 0 Å². The molecule has 0 bridgehead atoms. The number of thiophene rings is 1. The van der Waals surface area contributed by atoms with Gasteiger partial charge >= 0.3 is 0 Å². The van der Waals surface area contributed by atoms with Crippen LogP contribution in [0, 0.1) is 5.82 Å². The Balaban J connectivity index is 1.89. The Hall–Kier alpha value is -1.95. The van der Waals surface area contributed by atoms with Crippen LogP contribution in [0.1, 0.15) is 16.1 Å². The molecule has 3 rings (SSSR count). The van der Waals surface area contributed by atoms with Gasteiger partial charge < -0.3 is 10.2 Å². The summed E-state index contributed by atoms with van der Waals surface area (Å²) >= 11 is 1.33. The zero-order valence-electron chi connectivity index (χ0n) is 10.7. The maximum Gasteiger partial charge on any atom is 0.264 e. The second-order valence-electron chi connectivity index (χ2n) is 4.72. The number of hydrogen-bond donors (Lipinski definition) is 1. The van der Waals surface area contributed by atoms with E-state index >= 15 is 0 Å². The lowest BCUT2D eigenvalue weighted by Gasteiger charge is -2.17. The van der Waals surface area contributed by atoms with Gasteiger partial charge in [-0.25, -0.2) is 4.39 Å². The second-order valence-corrected chi connectivity index (χ2v) is 5.81. The van der Waals surface area contributed by atoms with Gasteiger partial charge in [-0.3, -0.25) is 9.59 Å². The van der Waals surface area contributed by atoms with Crippen LogP contribution in [0.5, 0.6) is 0 Å². The summed E-state index contributed by atoms with van der Waals surface area (Å²) in [5, 5.41) is 3.46. The molecule has 0 atom stereocenters. The highest BCUT2D eigenvalue weighted by atomic mass is 32.1. The van der Waals surface area contributed by atoms with Gasteiger partial charge in [-0.05, 0) is 36.1 Å². The Morgan fingerprint density at radius 1 is 1.35 bits per heavy atom. The van der Waals surface area contributed by atoms with Crippen molar-refractivity contribution in [3.05, 3.63) is 35.0 Å². The smallest absolute Gasteiger partial charge is 0.264 e. The van der Waals surface area contributed by atoms with Crippen LogP contribution in [0.25, 0.3) is 10.1 Å². The molecule has 1 fully saturated rings. The normalized spacial score (nSPS) is 16.1. The molecule has 20 heavy (non-hydrogen) atoms. The topological polar surface area (TPSA) is 49.4 Å². The number of carbonyl (C=O) groups is 2. The Bertz CT molecular complexity index is 683. The summed E-state index contributed by atoms with van der Waals surface area (Å²) in [4.78, 5) is 26.0. The molecule has 2 heterocycles. The van der Waals surface area contributed by atoms with Gasteiger partial charge in [0.05, 0.1) is 11.4 Å². The van der Waals surface area contributed by atoms with Gasteiger partial charge in [0.15, 0.2) is 0 Å². The molecule has 104 valence electrons. The number of amides is 2. The Morgan fingerprint density at radius 3 is 3.05 bits per heavy atom. The van der Waals surface area contributed by atoms with Crippen molar-refractivity contribution in [2.24, 2.45) is 0 Å². The van der Waals surface area contributed by atoms with Crippen LogP contribution in [-0.2, 0) is 4.79 Å². The van der Waals surface area contributed by atoms with Crippen molar-refractivity contribution in [1.29, 1.82) is 0 Å². The summed E-state index contributed by atoms with van der Waals surface area (Å²) in [5.74, 6) is -0.616. The van der Waals surface area contributed by atoms with Gasteiger partial charge in [-0.15, -0.1) is 11.3 Å². The van der Waals surface area contributed by atoms with E-state index in [4.69, 9.17) is 0 Å². The van der Waals surface area contributed by atoms with Gasteiger partial charge in [-0.1, -0.05) is 0 Å². The molecule has 1 aromatic heterocycles. The highest BCUT2D eigenvalue weighted by Gasteiger charge is 2.22. The van der Waals surface area contributed by atoms with Crippen LogP contribution in [0.3, 0.4) is 0 Å². The molecule has 1 aliphatic heterocycles. The summed E-state index contributed by atoms with van der Waals surface area (Å²) in [6.45, 7) is 1.24. The number of rotatable bonds is 1. The van der Waals surface area contributed by atoms with Crippen LogP contribution in [0.4, 0.5) is 4.39 Å². The lowest BCUT2D eigenvalue weighted by atomic mass is 10.2. The summed E-state index contributed by atoms with van der Waals surface area (Å²) < 4.78 is 14.0. The minimum Gasteiger partial charge on any atom is -0.354 e. The van der Waals surface area contributed by atoms with Crippen molar-refractivity contribution < 1.29 is 14.0 Å². The zero-order valence-corrected chi connectivity index (χ0v) is 11.5. The van der Waals surface area contributed by atoms with E-state index in [0.29, 0.717) is 18.0 Å². The molecule has 1 aliphatic rings. The minimum atomic E-state index is -0.316. The van der Waals surface area contributed by atoms with Crippen LogP contribution in [0.2, 0.25) is 0 Å². The fraction of sp³-hybridized carbons (Fsp3) is 0.286. The molecule has 1 saturated heterocycles. The molecular formula is C14H13FN2O2S. The summed E-state index contributed by atoms with van der Waals surface area (Å²) in [6, 6.07) is 6.15. The number of benzene rings is 1. The van der Waals surface area contributed by atoms with Gasteiger partial charge in [0.2, 0.25) is 5.91 Å². The van der Waals surface area contributed by atoms with Crippen molar-refractivity contribution in [3.63, 3.8) is 0 Å². The van der Waals surface area contributed by atoms with E-state index in [1.807, 2.05) is 0 Å². The summed E-state index contributed by atoms with van der Waals surface area (Å²) in [7, 11) is 0. The Kier molecular flexibility index (Phi) is 3.40. The lowest BCUT2D eigenvalue weighted by Crippen LogP contribution is -2.37. The van der Waals surface area contributed by atoms with Crippen LogP contribution < -0.4 is 5.32 Å². The SMILES string of the molecule is O=C1CN(C(=O)c2cc3cc(F)ccc3s2)CCCN1. The molecule has 6 heteroatoms. The van der Waals surface area contributed by atoms with E-state index in [-0.39, 0.29) is 24.2 Å². The van der Waals surface area contributed by atoms with Crippen molar-refractivity contribution in [1.82, 2.24) is 10.2 Å². The highest BCUT2D eigenvalue weighted by Crippen LogP contribution is 2.27. The highest BCUT2D eigenvalue weighted by molar-refractivity contribution is 7.20. The third kappa shape index (κ3) is 2.51. The van der Waals surface area contributed by atoms with Crippen LogP contribution in [-0.4, -0.2) is 36.3 Å². The molecule has 4 nitrogen and oxygen atoms in total. The van der Waals surface area contributed by atoms with Crippen molar-refractivity contribution in [2.75, 3.05) is 19.6 Å². The molecule has 2 amide bonds. The first-order chi connectivity index (χ1) is 9.63. The first-order valence-corrected chi connectivity index (χ1v) is 7.20. The van der Waals surface area contributed by atoms with Crippen molar-refractivity contribution in [3.8, 4) is 0 Å². The molecule has 1 aromatic carbocycles. The molecule has 1 N–H and O–H groups in total. The minimum absolute atomic E-state index is 0.0848. The Labute approximate surface area is 119 Å². The molecule has 0 aliphatic carbocycles. The number of fused-ring (bicyclic) bond motifs is 1. The van der Waals surface area contributed by atoms with Crippen LogP contribution in [0.15, 0.2) is 24.3 Å². The largest absolute Gasteiger partial charge is 0.354 e. The van der Waals surface area contributed by atoms with Gasteiger partial charge in [0.25, 0.3) is 5.91 Å². The van der Waals surface area contributed by atoms with E-state index in [1.165, 1.54) is 23.5 Å². The maximum atomic E-state index is 13.2. The van der Waals surface area contributed by atoms with E-state index in [1.54, 1.807) is 17.0 Å². The molecule has 0 saturated carbocycles. The zero-order chi connectivity index (χ0) is 14.1. The van der Waals surface area contributed by atoms with E-state index in [0.717, 1.165) is 16.5 Å². The number of hydrogen-bond acceptors (Lipinski definition) is 3. The number of nitrogens with zero attached hydrogens (tertiary/aromatic N) is 1. The molecule has 0 spiro atoms. The lowest BCUT2D eigenvalue weighted by molar-refractivity contribution is -0.121. The first-order valence-electron chi connectivity index (χ1n) is 6.38. The van der Waals surface area contributed by atoms with E-state index < -0.39 is 0 Å². The average Bonchev–Trinajstić information content (AvgIpc) is 2.71. The monoisotopic (exact) mass is 292 g/mol. The fourth-order valence-electron chi connectivity index (χ4n) is 2.25. The predicted molar refractivity (Wildman–Crippen MR) is 75.3 cm³/mol. The van der Waals surface area contributed by atoms with E-state index in [2.05, 4.69) is 5.32 Å². The number of halogens is 1. The first kappa shape index (κ1) is 13.1. The van der Waals surface area contributed by atoms with Crippen molar-refractivity contribution in [2.45, 2.75) is 6.42 Å². The quantitative estimate of drug-likeness (QED) is 0.874. The molecule has 0 radical (unpaired) electrons. The second kappa shape index (κ2) is 5.20. The van der Waals surface area contributed by atoms with Crippen LogP contribution >= 0.6 is 11.3 Å². The van der Waals surface area contributed by atoms with Gasteiger partial charge in [0.1, 0.15) is 5.82 Å². The third-order valence-electron chi connectivity index (χ3n) is 3.24. The Morgan fingerprint density at radius 2 is 2.20 bits per heavy atom. The maximum absolute atomic E-state index is 13.2. The average molecular weight is 292 g/mol. The molecular weight excluding hydrogens is 279 g/mol. The standard InChI is InChI=1S/C14H13FN2O2S/c15-10-2-3-11-9(6-10)7-12(20-11)14(19)17-5-1-4-16-13(18)8-17/h2-3,6-7H,1,4-5,8H2,(H,16,18).